The lowest BCUT2D eigenvalue weighted by molar-refractivity contribution is -0.135. The number of carbonyl (C=O) groups excluding carboxylic acids is 2. The van der Waals surface area contributed by atoms with E-state index in [0.29, 0.717) is 26.1 Å². The molecule has 5 heteroatoms. The Bertz CT molecular complexity index is 565. The quantitative estimate of drug-likeness (QED) is 0.859. The molecule has 3 rings (SSSR count). The van der Waals surface area contributed by atoms with Crippen molar-refractivity contribution in [1.82, 2.24) is 9.80 Å². The van der Waals surface area contributed by atoms with Gasteiger partial charge in [-0.25, -0.2) is 0 Å². The summed E-state index contributed by atoms with van der Waals surface area (Å²) in [7, 11) is 0. The largest absolute Gasteiger partial charge is 0.342 e. The van der Waals surface area contributed by atoms with Gasteiger partial charge in [0, 0.05) is 37.5 Å². The minimum Gasteiger partial charge on any atom is -0.342 e. The van der Waals surface area contributed by atoms with Gasteiger partial charge in [0.2, 0.25) is 11.8 Å². The van der Waals surface area contributed by atoms with Crippen molar-refractivity contribution in [3.63, 3.8) is 0 Å². The van der Waals surface area contributed by atoms with Crippen LogP contribution in [0.5, 0.6) is 0 Å². The molecular weight excluding hydrogens is 284 g/mol. The average Bonchev–Trinajstić information content (AvgIpc) is 3.16. The summed E-state index contributed by atoms with van der Waals surface area (Å²) in [5, 5.41) is 2.08. The molecule has 0 saturated carbocycles. The second kappa shape index (κ2) is 6.02. The maximum atomic E-state index is 12.5. The van der Waals surface area contributed by atoms with Gasteiger partial charge in [0.1, 0.15) is 0 Å². The van der Waals surface area contributed by atoms with Crippen molar-refractivity contribution in [2.45, 2.75) is 19.8 Å². The molecule has 4 nitrogen and oxygen atoms in total. The van der Waals surface area contributed by atoms with Gasteiger partial charge >= 0.3 is 0 Å². The molecule has 1 saturated heterocycles. The summed E-state index contributed by atoms with van der Waals surface area (Å²) in [5.74, 6) is 0.109. The zero-order valence-electron chi connectivity index (χ0n) is 12.2. The highest BCUT2D eigenvalue weighted by Gasteiger charge is 2.35. The molecule has 1 aromatic rings. The minimum atomic E-state index is -0.144. The number of thiophene rings is 1. The van der Waals surface area contributed by atoms with Gasteiger partial charge in [-0.05, 0) is 30.4 Å². The normalized spacial score (nSPS) is 22.6. The van der Waals surface area contributed by atoms with Crippen molar-refractivity contribution in [1.29, 1.82) is 0 Å². The second-order valence-electron chi connectivity index (χ2n) is 5.57. The number of likely N-dealkylation sites (tertiary alicyclic amines) is 1. The van der Waals surface area contributed by atoms with Gasteiger partial charge in [0.15, 0.2) is 0 Å². The minimum absolute atomic E-state index is 0.114. The van der Waals surface area contributed by atoms with Crippen LogP contribution in [0.25, 0.3) is 5.57 Å². The van der Waals surface area contributed by atoms with Crippen LogP contribution in [-0.4, -0.2) is 47.8 Å². The van der Waals surface area contributed by atoms with Gasteiger partial charge in [-0.15, -0.1) is 11.3 Å². The van der Waals surface area contributed by atoms with Crippen LogP contribution in [0.4, 0.5) is 0 Å². The second-order valence-corrected chi connectivity index (χ2v) is 6.52. The summed E-state index contributed by atoms with van der Waals surface area (Å²) in [6, 6.07) is 4.19. The van der Waals surface area contributed by atoms with Gasteiger partial charge in [0.05, 0.1) is 5.92 Å². The van der Waals surface area contributed by atoms with E-state index >= 15 is 0 Å². The molecule has 2 aliphatic rings. The van der Waals surface area contributed by atoms with E-state index in [-0.39, 0.29) is 17.7 Å². The molecule has 1 aromatic heterocycles. The van der Waals surface area contributed by atoms with Crippen molar-refractivity contribution >= 4 is 28.7 Å². The Labute approximate surface area is 129 Å². The molecule has 112 valence electrons. The van der Waals surface area contributed by atoms with Gasteiger partial charge in [-0.2, -0.15) is 0 Å². The molecule has 3 heterocycles. The first-order valence-corrected chi connectivity index (χ1v) is 8.36. The van der Waals surface area contributed by atoms with Crippen LogP contribution in [0, 0.1) is 5.92 Å². The van der Waals surface area contributed by atoms with E-state index in [0.717, 1.165) is 13.0 Å². The number of carbonyl (C=O) groups is 2. The van der Waals surface area contributed by atoms with E-state index in [2.05, 4.69) is 23.6 Å². The molecule has 21 heavy (non-hydrogen) atoms. The number of hydrogen-bond donors (Lipinski definition) is 0. The first-order chi connectivity index (χ1) is 10.2. The number of amides is 2. The Balaban J connectivity index is 1.62. The third-order valence-corrected chi connectivity index (χ3v) is 5.25. The van der Waals surface area contributed by atoms with Crippen LogP contribution in [0.15, 0.2) is 23.6 Å². The predicted octanol–water partition coefficient (Wildman–Crippen LogP) is 2.23. The highest BCUT2D eigenvalue weighted by atomic mass is 32.1. The maximum Gasteiger partial charge on any atom is 0.228 e. The molecule has 2 amide bonds. The van der Waals surface area contributed by atoms with Crippen LogP contribution < -0.4 is 0 Å². The Kier molecular flexibility index (Phi) is 4.10. The highest BCUT2D eigenvalue weighted by molar-refractivity contribution is 7.11. The van der Waals surface area contributed by atoms with Gasteiger partial charge in [-0.1, -0.05) is 12.1 Å². The van der Waals surface area contributed by atoms with E-state index in [9.17, 15) is 9.59 Å². The average molecular weight is 304 g/mol. The van der Waals surface area contributed by atoms with Crippen LogP contribution in [-0.2, 0) is 9.59 Å². The summed E-state index contributed by atoms with van der Waals surface area (Å²) in [6.45, 7) is 4.68. The Morgan fingerprint density at radius 2 is 2.33 bits per heavy atom. The van der Waals surface area contributed by atoms with Crippen molar-refractivity contribution in [2.75, 3.05) is 26.2 Å². The molecular formula is C16H20N2O2S. The third-order valence-electron chi connectivity index (χ3n) is 4.30. The zero-order valence-corrected chi connectivity index (χ0v) is 13.1. The van der Waals surface area contributed by atoms with Crippen molar-refractivity contribution in [2.24, 2.45) is 5.92 Å². The Morgan fingerprint density at radius 3 is 2.90 bits per heavy atom. The number of hydrogen-bond acceptors (Lipinski definition) is 3. The predicted molar refractivity (Wildman–Crippen MR) is 83.9 cm³/mol. The summed E-state index contributed by atoms with van der Waals surface area (Å²) in [4.78, 5) is 29.3. The first kappa shape index (κ1) is 14.3. The molecule has 0 radical (unpaired) electrons. The molecule has 0 N–H and O–H groups in total. The summed E-state index contributed by atoms with van der Waals surface area (Å²) in [6.07, 6.45) is 3.44. The van der Waals surface area contributed by atoms with Crippen LogP contribution in [0.2, 0.25) is 0 Å². The number of nitrogens with zero attached hydrogens (tertiary/aromatic N) is 2. The highest BCUT2D eigenvalue weighted by Crippen LogP contribution is 2.27. The molecule has 2 aliphatic heterocycles. The fourth-order valence-corrected chi connectivity index (χ4v) is 3.85. The maximum absolute atomic E-state index is 12.5. The zero-order chi connectivity index (χ0) is 14.8. The summed E-state index contributed by atoms with van der Waals surface area (Å²) >= 11 is 1.74. The van der Waals surface area contributed by atoms with E-state index < -0.39 is 0 Å². The van der Waals surface area contributed by atoms with Gasteiger partial charge < -0.3 is 9.80 Å². The summed E-state index contributed by atoms with van der Waals surface area (Å²) in [5.41, 5.74) is 1.34. The molecule has 1 fully saturated rings. The fraction of sp³-hybridized carbons (Fsp3) is 0.500. The van der Waals surface area contributed by atoms with Crippen LogP contribution >= 0.6 is 11.3 Å². The van der Waals surface area contributed by atoms with Crippen molar-refractivity contribution < 1.29 is 9.59 Å². The molecule has 0 aliphatic carbocycles. The number of rotatable bonds is 3. The lowest BCUT2D eigenvalue weighted by Gasteiger charge is -2.28. The molecule has 1 unspecified atom stereocenters. The smallest absolute Gasteiger partial charge is 0.228 e. The van der Waals surface area contributed by atoms with Crippen LogP contribution in [0.1, 0.15) is 24.6 Å². The van der Waals surface area contributed by atoms with E-state index in [1.54, 1.807) is 16.2 Å². The first-order valence-electron chi connectivity index (χ1n) is 7.48. The topological polar surface area (TPSA) is 40.6 Å². The van der Waals surface area contributed by atoms with Crippen molar-refractivity contribution in [3.8, 4) is 0 Å². The van der Waals surface area contributed by atoms with E-state index in [1.807, 2.05) is 11.8 Å². The van der Waals surface area contributed by atoms with Gasteiger partial charge in [0.25, 0.3) is 0 Å². The molecule has 0 aromatic carbocycles. The summed E-state index contributed by atoms with van der Waals surface area (Å²) < 4.78 is 0. The monoisotopic (exact) mass is 304 g/mol. The van der Waals surface area contributed by atoms with E-state index in [4.69, 9.17) is 0 Å². The lowest BCUT2D eigenvalue weighted by Crippen LogP contribution is -2.39. The molecule has 0 bridgehead atoms. The van der Waals surface area contributed by atoms with Gasteiger partial charge in [-0.3, -0.25) is 9.59 Å². The third kappa shape index (κ3) is 2.88. The Morgan fingerprint density at radius 1 is 1.48 bits per heavy atom. The van der Waals surface area contributed by atoms with Crippen LogP contribution in [0.3, 0.4) is 0 Å². The lowest BCUT2D eigenvalue weighted by atomic mass is 10.0. The van der Waals surface area contributed by atoms with Crippen molar-refractivity contribution in [3.05, 3.63) is 28.5 Å². The standard InChI is InChI=1S/C16H20N2O2S/c1-2-17-11-13(10-15(17)19)16(20)18-7-5-12(6-8-18)14-4-3-9-21-14/h3-5,9,13H,2,6-8,10-11H2,1H3. The Hall–Kier alpha value is -1.62. The molecule has 1 atom stereocenters. The fourth-order valence-electron chi connectivity index (χ4n) is 3.06. The van der Waals surface area contributed by atoms with E-state index in [1.165, 1.54) is 10.5 Å². The molecule has 0 spiro atoms. The SMILES string of the molecule is CCN1CC(C(=O)N2CC=C(c3cccs3)CC2)CC1=O.